The summed E-state index contributed by atoms with van der Waals surface area (Å²) in [5.41, 5.74) is 1.10. The third kappa shape index (κ3) is 3.49. The third-order valence-electron chi connectivity index (χ3n) is 4.19. The van der Waals surface area contributed by atoms with Gasteiger partial charge in [0.15, 0.2) is 0 Å². The lowest BCUT2D eigenvalue weighted by Crippen LogP contribution is -2.35. The predicted octanol–water partition coefficient (Wildman–Crippen LogP) is 0.750. The Morgan fingerprint density at radius 3 is 2.83 bits per heavy atom. The minimum Gasteiger partial charge on any atom is -0.353 e. The number of hydrogen-bond donors (Lipinski definition) is 1. The average molecular weight is 315 g/mol. The van der Waals surface area contributed by atoms with E-state index in [1.54, 1.807) is 20.0 Å². The first-order valence-corrected chi connectivity index (χ1v) is 7.86. The molecule has 7 heteroatoms. The van der Waals surface area contributed by atoms with Crippen LogP contribution in [0.4, 0.5) is 0 Å². The number of carbonyl (C=O) groups is 1. The monoisotopic (exact) mass is 315 g/mol. The molecule has 0 unspecified atom stereocenters. The summed E-state index contributed by atoms with van der Waals surface area (Å²) in [7, 11) is 0. The van der Waals surface area contributed by atoms with Gasteiger partial charge in [-0.15, -0.1) is 0 Å². The van der Waals surface area contributed by atoms with Gasteiger partial charge >= 0.3 is 0 Å². The molecule has 2 aromatic heterocycles. The molecule has 0 spiro atoms. The van der Waals surface area contributed by atoms with Gasteiger partial charge in [0, 0.05) is 42.7 Å². The Balaban J connectivity index is 1.53. The Kier molecular flexibility index (Phi) is 4.27. The third-order valence-corrected chi connectivity index (χ3v) is 4.19. The molecule has 3 rings (SSSR count). The fourth-order valence-corrected chi connectivity index (χ4v) is 2.53. The fraction of sp³-hybridized carbons (Fsp3) is 0.500. The molecule has 1 N–H and O–H groups in total. The number of aromatic nitrogens is 4. The SMILES string of the molecule is Cc1ncn(CC(=O)NCCn2ccnc2C2CC2)c(=O)c1C. The average Bonchev–Trinajstić information content (AvgIpc) is 3.27. The Bertz CT molecular complexity index is 773. The van der Waals surface area contributed by atoms with Crippen molar-refractivity contribution in [2.24, 2.45) is 0 Å². The first-order chi connectivity index (χ1) is 11.1. The zero-order valence-electron chi connectivity index (χ0n) is 13.5. The Hall–Kier alpha value is -2.44. The second-order valence-corrected chi connectivity index (χ2v) is 5.99. The standard InChI is InChI=1S/C16H21N5O2/c1-11-12(2)19-10-21(16(11)23)9-14(22)17-5-7-20-8-6-18-15(20)13-3-4-13/h6,8,10,13H,3-5,7,9H2,1-2H3,(H,17,22). The van der Waals surface area contributed by atoms with Crippen LogP contribution in [0.5, 0.6) is 0 Å². The van der Waals surface area contributed by atoms with E-state index in [-0.39, 0.29) is 18.0 Å². The van der Waals surface area contributed by atoms with Gasteiger partial charge in [-0.25, -0.2) is 9.97 Å². The molecule has 122 valence electrons. The van der Waals surface area contributed by atoms with Crippen LogP contribution in [0, 0.1) is 13.8 Å². The summed E-state index contributed by atoms with van der Waals surface area (Å²) in [6.45, 7) is 4.70. The molecule has 0 radical (unpaired) electrons. The van der Waals surface area contributed by atoms with Crippen molar-refractivity contribution in [3.8, 4) is 0 Å². The maximum atomic E-state index is 12.0. The van der Waals surface area contributed by atoms with Crippen molar-refractivity contribution in [3.63, 3.8) is 0 Å². The van der Waals surface area contributed by atoms with Crippen LogP contribution in [-0.2, 0) is 17.9 Å². The maximum Gasteiger partial charge on any atom is 0.256 e. The van der Waals surface area contributed by atoms with Crippen molar-refractivity contribution in [3.05, 3.63) is 46.2 Å². The number of aryl methyl sites for hydroxylation is 1. The molecule has 1 saturated carbocycles. The summed E-state index contributed by atoms with van der Waals surface area (Å²) in [5, 5.41) is 2.84. The van der Waals surface area contributed by atoms with E-state index >= 15 is 0 Å². The van der Waals surface area contributed by atoms with Gasteiger partial charge in [0.2, 0.25) is 5.91 Å². The van der Waals surface area contributed by atoms with Gasteiger partial charge in [0.1, 0.15) is 12.4 Å². The summed E-state index contributed by atoms with van der Waals surface area (Å²) in [6, 6.07) is 0. The van der Waals surface area contributed by atoms with Crippen molar-refractivity contribution in [2.45, 2.75) is 45.7 Å². The number of imidazole rings is 1. The van der Waals surface area contributed by atoms with Crippen LogP contribution in [0.2, 0.25) is 0 Å². The molecule has 0 saturated heterocycles. The molecule has 1 amide bonds. The second-order valence-electron chi connectivity index (χ2n) is 5.99. The molecule has 2 heterocycles. The van der Waals surface area contributed by atoms with E-state index in [2.05, 4.69) is 19.9 Å². The molecule has 23 heavy (non-hydrogen) atoms. The second kappa shape index (κ2) is 6.36. The van der Waals surface area contributed by atoms with Crippen molar-refractivity contribution >= 4 is 5.91 Å². The fourth-order valence-electron chi connectivity index (χ4n) is 2.53. The molecular weight excluding hydrogens is 294 g/mol. The smallest absolute Gasteiger partial charge is 0.256 e. The topological polar surface area (TPSA) is 81.8 Å². The minimum atomic E-state index is -0.190. The molecule has 0 aromatic carbocycles. The van der Waals surface area contributed by atoms with E-state index in [0.717, 1.165) is 5.82 Å². The normalized spacial score (nSPS) is 14.0. The van der Waals surface area contributed by atoms with Crippen LogP contribution >= 0.6 is 0 Å². The largest absolute Gasteiger partial charge is 0.353 e. The van der Waals surface area contributed by atoms with E-state index in [0.29, 0.717) is 30.3 Å². The molecule has 0 bridgehead atoms. The highest BCUT2D eigenvalue weighted by molar-refractivity contribution is 5.75. The highest BCUT2D eigenvalue weighted by Crippen LogP contribution is 2.38. The molecule has 2 aromatic rings. The Morgan fingerprint density at radius 2 is 2.09 bits per heavy atom. The van der Waals surface area contributed by atoms with Gasteiger partial charge in [-0.2, -0.15) is 0 Å². The van der Waals surface area contributed by atoms with E-state index in [1.165, 1.54) is 23.7 Å². The molecule has 0 atom stereocenters. The summed E-state index contributed by atoms with van der Waals surface area (Å²) >= 11 is 0. The number of nitrogens with one attached hydrogen (secondary N) is 1. The summed E-state index contributed by atoms with van der Waals surface area (Å²) in [6.07, 6.45) is 7.57. The van der Waals surface area contributed by atoms with Crippen molar-refractivity contribution < 1.29 is 4.79 Å². The van der Waals surface area contributed by atoms with Crippen molar-refractivity contribution in [1.29, 1.82) is 0 Å². The number of hydrogen-bond acceptors (Lipinski definition) is 4. The van der Waals surface area contributed by atoms with Gasteiger partial charge in [0.05, 0.1) is 6.33 Å². The van der Waals surface area contributed by atoms with Gasteiger partial charge in [-0.05, 0) is 26.7 Å². The number of amides is 1. The van der Waals surface area contributed by atoms with Crippen molar-refractivity contribution in [2.75, 3.05) is 6.54 Å². The Morgan fingerprint density at radius 1 is 1.30 bits per heavy atom. The van der Waals surface area contributed by atoms with Gasteiger partial charge in [-0.1, -0.05) is 0 Å². The zero-order chi connectivity index (χ0) is 16.4. The molecule has 1 aliphatic carbocycles. The van der Waals surface area contributed by atoms with Crippen LogP contribution in [0.25, 0.3) is 0 Å². The van der Waals surface area contributed by atoms with Gasteiger partial charge in [-0.3, -0.25) is 14.2 Å². The van der Waals surface area contributed by atoms with Crippen LogP contribution < -0.4 is 10.9 Å². The quantitative estimate of drug-likeness (QED) is 0.853. The lowest BCUT2D eigenvalue weighted by molar-refractivity contribution is -0.121. The predicted molar refractivity (Wildman–Crippen MR) is 85.2 cm³/mol. The summed E-state index contributed by atoms with van der Waals surface area (Å²) < 4.78 is 3.42. The highest BCUT2D eigenvalue weighted by Gasteiger charge is 2.27. The van der Waals surface area contributed by atoms with E-state index in [9.17, 15) is 9.59 Å². The van der Waals surface area contributed by atoms with Gasteiger partial charge < -0.3 is 9.88 Å². The first-order valence-electron chi connectivity index (χ1n) is 7.86. The van der Waals surface area contributed by atoms with E-state index in [4.69, 9.17) is 0 Å². The number of nitrogens with zero attached hydrogens (tertiary/aromatic N) is 4. The molecule has 7 nitrogen and oxygen atoms in total. The van der Waals surface area contributed by atoms with Crippen LogP contribution in [-0.4, -0.2) is 31.6 Å². The van der Waals surface area contributed by atoms with Crippen molar-refractivity contribution in [1.82, 2.24) is 24.4 Å². The highest BCUT2D eigenvalue weighted by atomic mass is 16.2. The Labute approximate surface area is 134 Å². The molecule has 0 aliphatic heterocycles. The summed E-state index contributed by atoms with van der Waals surface area (Å²) in [5.74, 6) is 1.50. The van der Waals surface area contributed by atoms with Crippen LogP contribution in [0.1, 0.15) is 35.8 Å². The lowest BCUT2D eigenvalue weighted by atomic mass is 10.3. The molecule has 1 fully saturated rings. The minimum absolute atomic E-state index is 0.00758. The lowest BCUT2D eigenvalue weighted by Gasteiger charge is -2.10. The zero-order valence-corrected chi connectivity index (χ0v) is 13.5. The van der Waals surface area contributed by atoms with E-state index in [1.807, 2.05) is 6.20 Å². The van der Waals surface area contributed by atoms with E-state index < -0.39 is 0 Å². The van der Waals surface area contributed by atoms with Crippen LogP contribution in [0.3, 0.4) is 0 Å². The molecular formula is C16H21N5O2. The van der Waals surface area contributed by atoms with Crippen LogP contribution in [0.15, 0.2) is 23.5 Å². The molecule has 1 aliphatic rings. The summed E-state index contributed by atoms with van der Waals surface area (Å²) in [4.78, 5) is 32.5. The first kappa shape index (κ1) is 15.5. The van der Waals surface area contributed by atoms with Gasteiger partial charge in [0.25, 0.3) is 5.56 Å². The number of carbonyl (C=O) groups excluding carboxylic acids is 1. The maximum absolute atomic E-state index is 12.0. The number of rotatable bonds is 6.